The zero-order valence-corrected chi connectivity index (χ0v) is 11.2. The maximum atomic E-state index is 13.7. The van der Waals surface area contributed by atoms with Gasteiger partial charge in [0.1, 0.15) is 11.9 Å². The highest BCUT2D eigenvalue weighted by Crippen LogP contribution is 2.13. The Morgan fingerprint density at radius 3 is 3.10 bits per heavy atom. The van der Waals surface area contributed by atoms with Gasteiger partial charge in [0.05, 0.1) is 18.2 Å². The molecular formula is C14H16FN3O2. The van der Waals surface area contributed by atoms with Gasteiger partial charge in [-0.2, -0.15) is 5.26 Å². The Bertz CT molecular complexity index is 536. The number of morpholine rings is 1. The molecule has 106 valence electrons. The molecule has 1 fully saturated rings. The summed E-state index contributed by atoms with van der Waals surface area (Å²) in [7, 11) is 1.60. The molecule has 1 aliphatic rings. The first-order valence-electron chi connectivity index (χ1n) is 6.37. The SMILES string of the molecule is CN(Cc1cc(C#N)ccc1F)C(=O)C1CNCCO1. The van der Waals surface area contributed by atoms with E-state index >= 15 is 0 Å². The second-order valence-electron chi connectivity index (χ2n) is 4.68. The predicted molar refractivity (Wildman–Crippen MR) is 70.2 cm³/mol. The molecule has 0 bridgehead atoms. The molecule has 1 saturated heterocycles. The molecule has 1 amide bonds. The Balaban J connectivity index is 2.05. The fourth-order valence-corrected chi connectivity index (χ4v) is 2.07. The van der Waals surface area contributed by atoms with Gasteiger partial charge in [0.25, 0.3) is 5.91 Å². The molecule has 0 aromatic heterocycles. The van der Waals surface area contributed by atoms with Crippen molar-refractivity contribution in [3.05, 3.63) is 35.1 Å². The average Bonchev–Trinajstić information content (AvgIpc) is 2.49. The lowest BCUT2D eigenvalue weighted by Crippen LogP contribution is -2.48. The molecule has 0 radical (unpaired) electrons. The molecule has 1 aromatic carbocycles. The summed E-state index contributed by atoms with van der Waals surface area (Å²) in [6, 6.07) is 6.07. The number of likely N-dealkylation sites (N-methyl/N-ethyl adjacent to an activating group) is 1. The molecule has 5 nitrogen and oxygen atoms in total. The Hall–Kier alpha value is -1.97. The highest BCUT2D eigenvalue weighted by atomic mass is 19.1. The minimum atomic E-state index is -0.532. The van der Waals surface area contributed by atoms with Crippen LogP contribution < -0.4 is 5.32 Å². The van der Waals surface area contributed by atoms with E-state index in [1.165, 1.54) is 23.1 Å². The lowest BCUT2D eigenvalue weighted by molar-refractivity contribution is -0.144. The van der Waals surface area contributed by atoms with Gasteiger partial charge in [-0.15, -0.1) is 0 Å². The van der Waals surface area contributed by atoms with Gasteiger partial charge in [0.15, 0.2) is 0 Å². The van der Waals surface area contributed by atoms with Crippen LogP contribution in [0.5, 0.6) is 0 Å². The van der Waals surface area contributed by atoms with E-state index in [1.54, 1.807) is 7.05 Å². The standard InChI is InChI=1S/C14H16FN3O2/c1-18(14(19)13-8-17-4-5-20-13)9-11-6-10(7-16)2-3-12(11)15/h2-3,6,13,17H,4-5,8-9H2,1H3. The molecule has 1 heterocycles. The average molecular weight is 277 g/mol. The number of amides is 1. The highest BCUT2D eigenvalue weighted by molar-refractivity contribution is 5.81. The first kappa shape index (κ1) is 14.4. The van der Waals surface area contributed by atoms with E-state index in [2.05, 4.69) is 5.32 Å². The summed E-state index contributed by atoms with van der Waals surface area (Å²) in [5, 5.41) is 11.9. The van der Waals surface area contributed by atoms with Crippen molar-refractivity contribution in [2.45, 2.75) is 12.6 Å². The molecule has 0 aliphatic carbocycles. The monoisotopic (exact) mass is 277 g/mol. The van der Waals surface area contributed by atoms with Crippen molar-refractivity contribution < 1.29 is 13.9 Å². The van der Waals surface area contributed by atoms with E-state index in [-0.39, 0.29) is 12.5 Å². The summed E-state index contributed by atoms with van der Waals surface area (Å²) in [5.41, 5.74) is 0.696. The van der Waals surface area contributed by atoms with Gasteiger partial charge in [-0.3, -0.25) is 4.79 Å². The van der Waals surface area contributed by atoms with Crippen LogP contribution in [-0.4, -0.2) is 43.7 Å². The summed E-state index contributed by atoms with van der Waals surface area (Å²) in [4.78, 5) is 13.6. The number of halogens is 1. The van der Waals surface area contributed by atoms with Crippen LogP contribution >= 0.6 is 0 Å². The van der Waals surface area contributed by atoms with Gasteiger partial charge in [0, 0.05) is 32.2 Å². The smallest absolute Gasteiger partial charge is 0.253 e. The summed E-state index contributed by atoms with van der Waals surface area (Å²) in [6.45, 7) is 1.79. The van der Waals surface area contributed by atoms with Crippen molar-refractivity contribution in [2.75, 3.05) is 26.7 Å². The molecule has 1 aliphatic heterocycles. The van der Waals surface area contributed by atoms with Crippen LogP contribution in [0.3, 0.4) is 0 Å². The Labute approximate surface area is 116 Å². The number of nitrogens with one attached hydrogen (secondary N) is 1. The van der Waals surface area contributed by atoms with E-state index in [4.69, 9.17) is 10.00 Å². The highest BCUT2D eigenvalue weighted by Gasteiger charge is 2.25. The third kappa shape index (κ3) is 3.32. The maximum absolute atomic E-state index is 13.7. The van der Waals surface area contributed by atoms with E-state index in [0.29, 0.717) is 24.3 Å². The van der Waals surface area contributed by atoms with Crippen molar-refractivity contribution >= 4 is 5.91 Å². The van der Waals surface area contributed by atoms with E-state index in [0.717, 1.165) is 6.54 Å². The number of carbonyl (C=O) groups is 1. The van der Waals surface area contributed by atoms with Crippen molar-refractivity contribution in [1.29, 1.82) is 5.26 Å². The second-order valence-corrected chi connectivity index (χ2v) is 4.68. The molecule has 2 rings (SSSR count). The van der Waals surface area contributed by atoms with Gasteiger partial charge in [0.2, 0.25) is 0 Å². The quantitative estimate of drug-likeness (QED) is 0.880. The van der Waals surface area contributed by atoms with E-state index in [9.17, 15) is 9.18 Å². The van der Waals surface area contributed by atoms with Crippen LogP contribution in [0.2, 0.25) is 0 Å². The number of ether oxygens (including phenoxy) is 1. The molecular weight excluding hydrogens is 261 g/mol. The minimum Gasteiger partial charge on any atom is -0.366 e. The zero-order valence-electron chi connectivity index (χ0n) is 11.2. The van der Waals surface area contributed by atoms with Gasteiger partial charge in [-0.05, 0) is 18.2 Å². The van der Waals surface area contributed by atoms with Crippen molar-refractivity contribution in [2.24, 2.45) is 0 Å². The first-order chi connectivity index (χ1) is 9.61. The number of rotatable bonds is 3. The van der Waals surface area contributed by atoms with Crippen LogP contribution in [0.4, 0.5) is 4.39 Å². The third-order valence-electron chi connectivity index (χ3n) is 3.16. The molecule has 20 heavy (non-hydrogen) atoms. The molecule has 1 aromatic rings. The third-order valence-corrected chi connectivity index (χ3v) is 3.16. The number of hydrogen-bond donors (Lipinski definition) is 1. The van der Waals surface area contributed by atoms with Crippen LogP contribution in [0.15, 0.2) is 18.2 Å². The molecule has 1 N–H and O–H groups in total. The number of hydrogen-bond acceptors (Lipinski definition) is 4. The second kappa shape index (κ2) is 6.46. The Morgan fingerprint density at radius 2 is 2.45 bits per heavy atom. The van der Waals surface area contributed by atoms with Crippen LogP contribution in [-0.2, 0) is 16.1 Å². The number of nitriles is 1. The molecule has 0 saturated carbocycles. The molecule has 6 heteroatoms. The Morgan fingerprint density at radius 1 is 1.65 bits per heavy atom. The lowest BCUT2D eigenvalue weighted by Gasteiger charge is -2.27. The topological polar surface area (TPSA) is 65.4 Å². The fraction of sp³-hybridized carbons (Fsp3) is 0.429. The number of nitrogens with zero attached hydrogens (tertiary/aromatic N) is 2. The summed E-state index contributed by atoms with van der Waals surface area (Å²) < 4.78 is 19.1. The maximum Gasteiger partial charge on any atom is 0.253 e. The first-order valence-corrected chi connectivity index (χ1v) is 6.37. The van der Waals surface area contributed by atoms with Crippen molar-refractivity contribution in [1.82, 2.24) is 10.2 Å². The molecule has 1 atom stereocenters. The summed E-state index contributed by atoms with van der Waals surface area (Å²) in [6.07, 6.45) is -0.532. The van der Waals surface area contributed by atoms with Crippen LogP contribution in [0.1, 0.15) is 11.1 Å². The van der Waals surface area contributed by atoms with Gasteiger partial charge in [-0.1, -0.05) is 0 Å². The number of carbonyl (C=O) groups excluding carboxylic acids is 1. The van der Waals surface area contributed by atoms with Crippen molar-refractivity contribution in [3.63, 3.8) is 0 Å². The summed E-state index contributed by atoms with van der Waals surface area (Å²) >= 11 is 0. The lowest BCUT2D eigenvalue weighted by atomic mass is 10.1. The molecule has 0 spiro atoms. The van der Waals surface area contributed by atoms with Gasteiger partial charge < -0.3 is 15.0 Å². The van der Waals surface area contributed by atoms with E-state index < -0.39 is 11.9 Å². The largest absolute Gasteiger partial charge is 0.366 e. The normalized spacial score (nSPS) is 18.4. The van der Waals surface area contributed by atoms with Crippen LogP contribution in [0.25, 0.3) is 0 Å². The zero-order chi connectivity index (χ0) is 14.5. The predicted octanol–water partition coefficient (Wildman–Crippen LogP) is 0.644. The molecule has 1 unspecified atom stereocenters. The summed E-state index contributed by atoms with van der Waals surface area (Å²) in [5.74, 6) is -0.620. The minimum absolute atomic E-state index is 0.111. The number of benzene rings is 1. The Kier molecular flexibility index (Phi) is 4.66. The van der Waals surface area contributed by atoms with E-state index in [1.807, 2.05) is 6.07 Å². The fourth-order valence-electron chi connectivity index (χ4n) is 2.07. The van der Waals surface area contributed by atoms with Crippen LogP contribution in [0, 0.1) is 17.1 Å². The van der Waals surface area contributed by atoms with Gasteiger partial charge >= 0.3 is 0 Å². The van der Waals surface area contributed by atoms with Crippen molar-refractivity contribution in [3.8, 4) is 6.07 Å². The van der Waals surface area contributed by atoms with Gasteiger partial charge in [-0.25, -0.2) is 4.39 Å².